The number of amides is 4. The molecule has 2 aromatic carbocycles. The van der Waals surface area contributed by atoms with Gasteiger partial charge in [0.1, 0.15) is 17.7 Å². The van der Waals surface area contributed by atoms with E-state index in [1.807, 2.05) is 13.0 Å². The highest BCUT2D eigenvalue weighted by molar-refractivity contribution is 6.30. The average molecular weight is 524 g/mol. The van der Waals surface area contributed by atoms with Gasteiger partial charge in [-0.15, -0.1) is 0 Å². The van der Waals surface area contributed by atoms with Gasteiger partial charge in [-0.25, -0.2) is 14.2 Å². The molecule has 1 fully saturated rings. The Hall–Kier alpha value is -3.98. The van der Waals surface area contributed by atoms with Gasteiger partial charge in [0.05, 0.1) is 12.0 Å². The lowest BCUT2D eigenvalue weighted by molar-refractivity contribution is -0.156. The highest BCUT2D eigenvalue weighted by Gasteiger charge is 2.55. The third-order valence-electron chi connectivity index (χ3n) is 6.47. The van der Waals surface area contributed by atoms with E-state index in [0.29, 0.717) is 22.7 Å². The SMILES string of the molecule is CCC(NC(=O)N1C(=O)[C@H](Cc2ccnc(N)c2)[C@H]1C(=O)N(C)c1cccc(F)c1)c1cccc(Cl)c1. The number of carbonyl (C=O) groups is 3. The molecule has 1 aliphatic rings. The molecule has 0 aliphatic carbocycles. The standard InChI is InChI=1S/C27H27ClFN5O3/c1-3-22(17-6-4-7-18(28)14-17)32-27(37)34-24(26(36)33(2)20-9-5-8-19(29)15-20)21(25(34)35)12-16-10-11-31-23(30)13-16/h4-11,13-15,21-22,24H,3,12H2,1-2H3,(H2,30,31)(H,32,37)/t21-,22?,24+/m1/s1. The van der Waals surface area contributed by atoms with E-state index in [0.717, 1.165) is 10.5 Å². The summed E-state index contributed by atoms with van der Waals surface area (Å²) in [7, 11) is 1.48. The zero-order chi connectivity index (χ0) is 26.7. The second-order valence-electron chi connectivity index (χ2n) is 8.90. The minimum absolute atomic E-state index is 0.189. The fraction of sp³-hybridized carbons (Fsp3) is 0.259. The van der Waals surface area contributed by atoms with Crippen molar-refractivity contribution in [2.24, 2.45) is 5.92 Å². The van der Waals surface area contributed by atoms with E-state index in [1.54, 1.807) is 36.4 Å². The molecule has 3 aromatic rings. The number of hydrogen-bond donors (Lipinski definition) is 2. The van der Waals surface area contributed by atoms with Gasteiger partial charge in [0, 0.05) is 24.0 Å². The molecule has 3 N–H and O–H groups in total. The summed E-state index contributed by atoms with van der Waals surface area (Å²) < 4.78 is 13.8. The Kier molecular flexibility index (Phi) is 7.73. The van der Waals surface area contributed by atoms with Crippen molar-refractivity contribution in [3.05, 3.63) is 88.8 Å². The van der Waals surface area contributed by atoms with Crippen molar-refractivity contribution in [2.45, 2.75) is 31.8 Å². The molecule has 0 spiro atoms. The molecule has 37 heavy (non-hydrogen) atoms. The van der Waals surface area contributed by atoms with Gasteiger partial charge in [0.25, 0.3) is 5.91 Å². The molecular weight excluding hydrogens is 497 g/mol. The molecule has 0 bridgehead atoms. The highest BCUT2D eigenvalue weighted by Crippen LogP contribution is 2.33. The summed E-state index contributed by atoms with van der Waals surface area (Å²) in [5.74, 6) is -2.02. The van der Waals surface area contributed by atoms with Crippen molar-refractivity contribution in [2.75, 3.05) is 17.7 Å². The molecule has 4 amide bonds. The number of hydrogen-bond acceptors (Lipinski definition) is 5. The molecule has 1 saturated heterocycles. The van der Waals surface area contributed by atoms with Crippen molar-refractivity contribution >= 4 is 41.0 Å². The predicted molar refractivity (Wildman–Crippen MR) is 139 cm³/mol. The maximum atomic E-state index is 13.8. The number of nitrogens with zero attached hydrogens (tertiary/aromatic N) is 3. The fourth-order valence-electron chi connectivity index (χ4n) is 4.51. The van der Waals surface area contributed by atoms with Crippen LogP contribution in [0.1, 0.15) is 30.5 Å². The van der Waals surface area contributed by atoms with Gasteiger partial charge in [0.15, 0.2) is 0 Å². The van der Waals surface area contributed by atoms with Crippen LogP contribution >= 0.6 is 11.6 Å². The molecule has 0 radical (unpaired) electrons. The van der Waals surface area contributed by atoms with Crippen molar-refractivity contribution in [3.8, 4) is 0 Å². The lowest BCUT2D eigenvalue weighted by atomic mass is 9.81. The van der Waals surface area contributed by atoms with Gasteiger partial charge in [0.2, 0.25) is 5.91 Å². The van der Waals surface area contributed by atoms with Crippen molar-refractivity contribution < 1.29 is 18.8 Å². The number of rotatable bonds is 7. The quantitative estimate of drug-likeness (QED) is 0.447. The van der Waals surface area contributed by atoms with E-state index in [1.165, 1.54) is 36.3 Å². The number of likely N-dealkylation sites (N-methyl/N-ethyl adjacent to an activating group) is 1. The van der Waals surface area contributed by atoms with E-state index in [4.69, 9.17) is 17.3 Å². The van der Waals surface area contributed by atoms with E-state index >= 15 is 0 Å². The van der Waals surface area contributed by atoms with Crippen LogP contribution in [0.3, 0.4) is 0 Å². The summed E-state index contributed by atoms with van der Waals surface area (Å²) in [6.45, 7) is 1.89. The van der Waals surface area contributed by atoms with Gasteiger partial charge < -0.3 is 16.0 Å². The topological polar surface area (TPSA) is 109 Å². The van der Waals surface area contributed by atoms with Crippen LogP contribution in [0.4, 0.5) is 20.7 Å². The maximum Gasteiger partial charge on any atom is 0.325 e. The Balaban J connectivity index is 1.61. The van der Waals surface area contributed by atoms with Crippen LogP contribution in [0, 0.1) is 11.7 Å². The monoisotopic (exact) mass is 523 g/mol. The Morgan fingerprint density at radius 1 is 1.19 bits per heavy atom. The average Bonchev–Trinajstić information content (AvgIpc) is 2.87. The zero-order valence-electron chi connectivity index (χ0n) is 20.4. The molecule has 2 heterocycles. The first-order valence-corrected chi connectivity index (χ1v) is 12.2. The molecule has 3 atom stereocenters. The molecule has 10 heteroatoms. The highest BCUT2D eigenvalue weighted by atomic mass is 35.5. The smallest absolute Gasteiger partial charge is 0.325 e. The number of anilines is 2. The molecule has 1 unspecified atom stereocenters. The second-order valence-corrected chi connectivity index (χ2v) is 9.33. The number of halogens is 2. The predicted octanol–water partition coefficient (Wildman–Crippen LogP) is 4.35. The second kappa shape index (κ2) is 11.0. The third kappa shape index (κ3) is 5.56. The lowest BCUT2D eigenvalue weighted by Crippen LogP contribution is -2.70. The van der Waals surface area contributed by atoms with Crippen LogP contribution < -0.4 is 16.0 Å². The first-order valence-electron chi connectivity index (χ1n) is 11.8. The molecular formula is C27H27ClFN5O3. The molecule has 8 nitrogen and oxygen atoms in total. The number of β-lactam (4-membered cyclic amide) rings is 1. The summed E-state index contributed by atoms with van der Waals surface area (Å²) in [4.78, 5) is 46.4. The molecule has 4 rings (SSSR count). The minimum Gasteiger partial charge on any atom is -0.384 e. The number of likely N-dealkylation sites (tertiary alicyclic amines) is 1. The number of nitrogens with two attached hydrogens (primary N) is 1. The van der Waals surface area contributed by atoms with E-state index in [9.17, 15) is 18.8 Å². The molecule has 1 aromatic heterocycles. The Morgan fingerprint density at radius 2 is 1.95 bits per heavy atom. The van der Waals surface area contributed by atoms with E-state index in [-0.39, 0.29) is 12.2 Å². The number of nitrogens with one attached hydrogen (secondary N) is 1. The molecule has 192 valence electrons. The summed E-state index contributed by atoms with van der Waals surface area (Å²) in [6, 6.07) is 13.8. The number of urea groups is 1. The first kappa shape index (κ1) is 26.1. The summed E-state index contributed by atoms with van der Waals surface area (Å²) in [5.41, 5.74) is 7.58. The van der Waals surface area contributed by atoms with Crippen LogP contribution in [0.5, 0.6) is 0 Å². The number of carbonyl (C=O) groups excluding carboxylic acids is 3. The Bertz CT molecular complexity index is 1340. The number of imide groups is 1. The fourth-order valence-corrected chi connectivity index (χ4v) is 4.70. The van der Waals surface area contributed by atoms with Crippen LogP contribution in [-0.2, 0) is 16.0 Å². The Morgan fingerprint density at radius 3 is 2.62 bits per heavy atom. The number of benzene rings is 2. The van der Waals surface area contributed by atoms with Crippen molar-refractivity contribution in [3.63, 3.8) is 0 Å². The van der Waals surface area contributed by atoms with Crippen LogP contribution in [0.15, 0.2) is 66.9 Å². The van der Waals surface area contributed by atoms with Gasteiger partial charge >= 0.3 is 6.03 Å². The lowest BCUT2D eigenvalue weighted by Gasteiger charge is -2.46. The first-order chi connectivity index (χ1) is 17.7. The van der Waals surface area contributed by atoms with Gasteiger partial charge in [-0.05, 0) is 66.4 Å². The van der Waals surface area contributed by atoms with E-state index < -0.39 is 41.7 Å². The molecule has 0 saturated carbocycles. The summed E-state index contributed by atoms with van der Waals surface area (Å²) in [5, 5.41) is 3.38. The minimum atomic E-state index is -1.09. The number of nitrogen functional groups attached to an aromatic ring is 1. The van der Waals surface area contributed by atoms with Crippen molar-refractivity contribution in [1.29, 1.82) is 0 Å². The third-order valence-corrected chi connectivity index (χ3v) is 6.71. The zero-order valence-corrected chi connectivity index (χ0v) is 21.2. The largest absolute Gasteiger partial charge is 0.384 e. The number of aromatic nitrogens is 1. The van der Waals surface area contributed by atoms with Crippen LogP contribution in [-0.4, -0.2) is 40.8 Å². The summed E-state index contributed by atoms with van der Waals surface area (Å²) >= 11 is 6.12. The normalized spacial score (nSPS) is 17.6. The molecule has 1 aliphatic heterocycles. The van der Waals surface area contributed by atoms with Crippen LogP contribution in [0.25, 0.3) is 0 Å². The van der Waals surface area contributed by atoms with E-state index in [2.05, 4.69) is 10.3 Å². The maximum absolute atomic E-state index is 13.8. The van der Waals surface area contributed by atoms with Gasteiger partial charge in [-0.1, -0.05) is 36.7 Å². The van der Waals surface area contributed by atoms with Crippen molar-refractivity contribution in [1.82, 2.24) is 15.2 Å². The Labute approximate surface area is 219 Å². The van der Waals surface area contributed by atoms with Crippen LogP contribution in [0.2, 0.25) is 5.02 Å². The van der Waals surface area contributed by atoms with Gasteiger partial charge in [-0.3, -0.25) is 14.5 Å². The summed E-state index contributed by atoms with van der Waals surface area (Å²) in [6.07, 6.45) is 2.24. The van der Waals surface area contributed by atoms with Gasteiger partial charge in [-0.2, -0.15) is 0 Å². The number of pyridine rings is 1.